The Morgan fingerprint density at radius 3 is 2.76 bits per heavy atom. The lowest BCUT2D eigenvalue weighted by molar-refractivity contribution is 0.0554. The smallest absolute Gasteiger partial charge is 0.350 e. The monoisotopic (exact) mass is 596 g/mol. The van der Waals surface area contributed by atoms with Crippen LogP contribution in [0.3, 0.4) is 0 Å². The SMILES string of the molecule is C=CCOC(=O)c1sc(N2C(=O)c3oc4ccc(C)cc4c(=O)c3C2c2cc(Br)c(O)c(OC)c2)nc1C. The van der Waals surface area contributed by atoms with Crippen molar-refractivity contribution in [1.29, 1.82) is 0 Å². The molecule has 2 aromatic carbocycles. The van der Waals surface area contributed by atoms with Gasteiger partial charge in [0.2, 0.25) is 5.76 Å². The van der Waals surface area contributed by atoms with Gasteiger partial charge in [0.15, 0.2) is 22.1 Å². The highest BCUT2D eigenvalue weighted by molar-refractivity contribution is 9.10. The molecule has 1 N–H and O–H groups in total. The predicted molar refractivity (Wildman–Crippen MR) is 146 cm³/mol. The van der Waals surface area contributed by atoms with E-state index in [1.165, 1.54) is 18.1 Å². The van der Waals surface area contributed by atoms with Gasteiger partial charge in [-0.15, -0.1) is 0 Å². The van der Waals surface area contributed by atoms with Crippen LogP contribution in [0.15, 0.2) is 56.7 Å². The zero-order valence-corrected chi connectivity index (χ0v) is 22.9. The number of anilines is 1. The van der Waals surface area contributed by atoms with Crippen LogP contribution in [0.2, 0.25) is 0 Å². The van der Waals surface area contributed by atoms with E-state index in [-0.39, 0.29) is 50.5 Å². The molecular weight excluding hydrogens is 576 g/mol. The number of halogens is 1. The standard InChI is InChI=1S/C27H21BrN2O7S/c1-5-8-36-26(34)24-13(3)29-27(38-24)30-20(14-10-16(28)22(32)18(11-14)35-4)19-21(31)15-9-12(2)6-7-17(15)37-23(19)25(30)33/h5-7,9-11,20,32H,1,8H2,2-4H3. The lowest BCUT2D eigenvalue weighted by Gasteiger charge is -2.23. The van der Waals surface area contributed by atoms with Gasteiger partial charge in [-0.05, 0) is 59.6 Å². The first kappa shape index (κ1) is 25.7. The van der Waals surface area contributed by atoms with Crippen molar-refractivity contribution in [1.82, 2.24) is 4.98 Å². The average Bonchev–Trinajstić information content (AvgIpc) is 3.42. The van der Waals surface area contributed by atoms with Gasteiger partial charge >= 0.3 is 5.97 Å². The summed E-state index contributed by atoms with van der Waals surface area (Å²) >= 11 is 4.29. The number of fused-ring (bicyclic) bond motifs is 2. The Labute approximate surface area is 229 Å². The second-order valence-electron chi connectivity index (χ2n) is 8.60. The van der Waals surface area contributed by atoms with Crippen molar-refractivity contribution >= 4 is 55.2 Å². The van der Waals surface area contributed by atoms with Crippen molar-refractivity contribution in [2.45, 2.75) is 19.9 Å². The first-order chi connectivity index (χ1) is 18.2. The van der Waals surface area contributed by atoms with E-state index >= 15 is 0 Å². The van der Waals surface area contributed by atoms with E-state index in [4.69, 9.17) is 13.9 Å². The normalized spacial score (nSPS) is 14.6. The molecule has 1 amide bonds. The molecule has 0 aliphatic carbocycles. The molecule has 3 heterocycles. The fourth-order valence-electron chi connectivity index (χ4n) is 4.38. The lowest BCUT2D eigenvalue weighted by Crippen LogP contribution is -2.29. The van der Waals surface area contributed by atoms with Crippen molar-refractivity contribution in [3.63, 3.8) is 0 Å². The van der Waals surface area contributed by atoms with Crippen LogP contribution in [0.25, 0.3) is 11.0 Å². The van der Waals surface area contributed by atoms with E-state index in [1.807, 2.05) is 6.92 Å². The number of carbonyl (C=O) groups is 2. The Morgan fingerprint density at radius 2 is 2.05 bits per heavy atom. The molecule has 2 aromatic heterocycles. The van der Waals surface area contributed by atoms with Crippen LogP contribution in [-0.2, 0) is 4.74 Å². The molecule has 0 fully saturated rings. The minimum atomic E-state index is -0.980. The number of phenolic OH excluding ortho intramolecular Hbond substituents is 1. The van der Waals surface area contributed by atoms with E-state index in [1.54, 1.807) is 37.3 Å². The number of benzene rings is 2. The molecule has 1 aliphatic heterocycles. The quantitative estimate of drug-likeness (QED) is 0.231. The average molecular weight is 597 g/mol. The second kappa shape index (κ2) is 9.73. The maximum atomic E-state index is 13.9. The van der Waals surface area contributed by atoms with Crippen molar-refractivity contribution < 1.29 is 28.6 Å². The number of ether oxygens (including phenoxy) is 2. The molecule has 0 saturated carbocycles. The molecule has 5 rings (SSSR count). The highest BCUT2D eigenvalue weighted by atomic mass is 79.9. The van der Waals surface area contributed by atoms with Gasteiger partial charge in [-0.3, -0.25) is 14.5 Å². The van der Waals surface area contributed by atoms with E-state index in [9.17, 15) is 19.5 Å². The first-order valence-electron chi connectivity index (χ1n) is 11.4. The van der Waals surface area contributed by atoms with Gasteiger partial charge in [0.25, 0.3) is 5.91 Å². The van der Waals surface area contributed by atoms with Crippen molar-refractivity contribution in [3.8, 4) is 11.5 Å². The number of hydrogen-bond donors (Lipinski definition) is 1. The molecule has 11 heteroatoms. The Morgan fingerprint density at radius 1 is 1.29 bits per heavy atom. The molecular formula is C27H21BrN2O7S. The summed E-state index contributed by atoms with van der Waals surface area (Å²) in [7, 11) is 1.40. The molecule has 4 aromatic rings. The summed E-state index contributed by atoms with van der Waals surface area (Å²) in [5.41, 5.74) is 1.72. The maximum Gasteiger partial charge on any atom is 0.350 e. The summed E-state index contributed by atoms with van der Waals surface area (Å²) < 4.78 is 16.8. The molecule has 0 bridgehead atoms. The topological polar surface area (TPSA) is 119 Å². The number of amides is 1. The van der Waals surface area contributed by atoms with Gasteiger partial charge in [-0.25, -0.2) is 9.78 Å². The molecule has 0 saturated heterocycles. The molecule has 1 aliphatic rings. The summed E-state index contributed by atoms with van der Waals surface area (Å²) in [6.07, 6.45) is 1.45. The molecule has 0 spiro atoms. The largest absolute Gasteiger partial charge is 0.503 e. The van der Waals surface area contributed by atoms with Crippen LogP contribution in [0.5, 0.6) is 11.5 Å². The van der Waals surface area contributed by atoms with E-state index in [0.29, 0.717) is 21.1 Å². The maximum absolute atomic E-state index is 13.9. The minimum absolute atomic E-state index is 0.0218. The first-order valence-corrected chi connectivity index (χ1v) is 13.0. The third kappa shape index (κ3) is 4.07. The summed E-state index contributed by atoms with van der Waals surface area (Å²) in [6.45, 7) is 7.05. The van der Waals surface area contributed by atoms with Gasteiger partial charge in [0.1, 0.15) is 17.1 Å². The molecule has 1 unspecified atom stereocenters. The van der Waals surface area contributed by atoms with Crippen LogP contribution in [0.1, 0.15) is 48.7 Å². The van der Waals surface area contributed by atoms with Crippen LogP contribution >= 0.6 is 27.3 Å². The Hall–Kier alpha value is -3.96. The van der Waals surface area contributed by atoms with Gasteiger partial charge in [0.05, 0.1) is 34.3 Å². The van der Waals surface area contributed by atoms with Crippen LogP contribution in [0.4, 0.5) is 5.13 Å². The van der Waals surface area contributed by atoms with Crippen LogP contribution in [-0.4, -0.2) is 35.7 Å². The number of aromatic hydroxyl groups is 1. The number of aromatic nitrogens is 1. The number of methoxy groups -OCH3 is 1. The molecule has 38 heavy (non-hydrogen) atoms. The van der Waals surface area contributed by atoms with Crippen molar-refractivity contribution in [2.24, 2.45) is 0 Å². The summed E-state index contributed by atoms with van der Waals surface area (Å²) in [5.74, 6) is -1.31. The number of esters is 1. The zero-order chi connectivity index (χ0) is 27.3. The van der Waals surface area contributed by atoms with Crippen LogP contribution < -0.4 is 15.1 Å². The van der Waals surface area contributed by atoms with E-state index in [2.05, 4.69) is 27.5 Å². The second-order valence-corrected chi connectivity index (χ2v) is 10.4. The summed E-state index contributed by atoms with van der Waals surface area (Å²) in [4.78, 5) is 46.3. The molecule has 1 atom stereocenters. The summed E-state index contributed by atoms with van der Waals surface area (Å²) in [6, 6.07) is 7.31. The van der Waals surface area contributed by atoms with Gasteiger partial charge in [-0.2, -0.15) is 0 Å². The Balaban J connectivity index is 1.77. The number of nitrogens with zero attached hydrogens (tertiary/aromatic N) is 2. The fraction of sp³-hybridized carbons (Fsp3) is 0.185. The zero-order valence-electron chi connectivity index (χ0n) is 20.5. The van der Waals surface area contributed by atoms with E-state index in [0.717, 1.165) is 16.9 Å². The molecule has 0 radical (unpaired) electrons. The summed E-state index contributed by atoms with van der Waals surface area (Å²) in [5, 5.41) is 10.9. The lowest BCUT2D eigenvalue weighted by atomic mass is 9.98. The van der Waals surface area contributed by atoms with Gasteiger partial charge < -0.3 is 19.0 Å². The number of carbonyl (C=O) groups excluding carboxylic acids is 2. The van der Waals surface area contributed by atoms with Crippen LogP contribution in [0, 0.1) is 13.8 Å². The number of rotatable bonds is 6. The number of phenols is 1. The Kier molecular flexibility index (Phi) is 6.58. The van der Waals surface area contributed by atoms with Gasteiger partial charge in [-0.1, -0.05) is 35.6 Å². The molecule has 194 valence electrons. The number of hydrogen-bond acceptors (Lipinski definition) is 9. The number of thiazole rings is 1. The van der Waals surface area contributed by atoms with Gasteiger partial charge in [0, 0.05) is 0 Å². The van der Waals surface area contributed by atoms with E-state index < -0.39 is 17.9 Å². The third-order valence-corrected chi connectivity index (χ3v) is 7.86. The highest BCUT2D eigenvalue weighted by Gasteiger charge is 2.45. The number of aryl methyl sites for hydroxylation is 2. The minimum Gasteiger partial charge on any atom is -0.503 e. The Bertz CT molecular complexity index is 1710. The third-order valence-electron chi connectivity index (χ3n) is 6.12. The highest BCUT2D eigenvalue weighted by Crippen LogP contribution is 2.46. The molecule has 9 nitrogen and oxygen atoms in total. The van der Waals surface area contributed by atoms with Crippen molar-refractivity contribution in [3.05, 3.63) is 90.7 Å². The fourth-order valence-corrected chi connectivity index (χ4v) is 5.83. The predicted octanol–water partition coefficient (Wildman–Crippen LogP) is 5.44. The van der Waals surface area contributed by atoms with Crippen molar-refractivity contribution in [2.75, 3.05) is 18.6 Å².